The van der Waals surface area contributed by atoms with Crippen LogP contribution in [0.2, 0.25) is 0 Å². The summed E-state index contributed by atoms with van der Waals surface area (Å²) < 4.78 is 0. The molecule has 50 valence electrons. The molecule has 0 radical (unpaired) electrons. The SMILES string of the molecule is C1CC2CC3CNC23C1. The zero-order valence-corrected chi connectivity index (χ0v) is 5.69. The Morgan fingerprint density at radius 1 is 1.33 bits per heavy atom. The first-order valence-electron chi connectivity index (χ1n) is 4.17. The third-order valence-electron chi connectivity index (χ3n) is 3.85. The molecule has 3 fully saturated rings. The van der Waals surface area contributed by atoms with Gasteiger partial charge in [-0.05, 0) is 31.1 Å². The second-order valence-electron chi connectivity index (χ2n) is 3.94. The highest BCUT2D eigenvalue weighted by molar-refractivity contribution is 5.19. The van der Waals surface area contributed by atoms with Crippen LogP contribution in [0, 0.1) is 11.8 Å². The minimum absolute atomic E-state index is 0.722. The number of rotatable bonds is 0. The number of hydrogen-bond donors (Lipinski definition) is 1. The van der Waals surface area contributed by atoms with E-state index in [0.29, 0.717) is 0 Å². The molecule has 1 saturated heterocycles. The van der Waals surface area contributed by atoms with Crippen molar-refractivity contribution >= 4 is 0 Å². The molecule has 1 N–H and O–H groups in total. The lowest BCUT2D eigenvalue weighted by Crippen LogP contribution is -2.74. The van der Waals surface area contributed by atoms with Gasteiger partial charge < -0.3 is 5.32 Å². The largest absolute Gasteiger partial charge is 0.310 e. The van der Waals surface area contributed by atoms with Gasteiger partial charge in [0.15, 0.2) is 0 Å². The Labute approximate surface area is 55.8 Å². The first-order chi connectivity index (χ1) is 4.42. The molecular formula is C8H13N. The predicted molar refractivity (Wildman–Crippen MR) is 36.2 cm³/mol. The first kappa shape index (κ1) is 4.73. The molecule has 3 aliphatic rings. The van der Waals surface area contributed by atoms with Crippen LogP contribution < -0.4 is 5.32 Å². The summed E-state index contributed by atoms with van der Waals surface area (Å²) in [5.74, 6) is 2.20. The van der Waals surface area contributed by atoms with Crippen molar-refractivity contribution in [1.82, 2.24) is 5.32 Å². The van der Waals surface area contributed by atoms with Crippen LogP contribution >= 0.6 is 0 Å². The fourth-order valence-electron chi connectivity index (χ4n) is 3.19. The quantitative estimate of drug-likeness (QED) is 0.509. The standard InChI is InChI=1S/C8H13N/c1-2-6-4-7-5-9-8(6,7)3-1/h6-7,9H,1-5H2. The Kier molecular flexibility index (Phi) is 0.628. The third-order valence-corrected chi connectivity index (χ3v) is 3.85. The van der Waals surface area contributed by atoms with Gasteiger partial charge in [-0.25, -0.2) is 0 Å². The van der Waals surface area contributed by atoms with Gasteiger partial charge in [-0.3, -0.25) is 0 Å². The summed E-state index contributed by atoms with van der Waals surface area (Å²) in [6.07, 6.45) is 6.05. The molecule has 3 unspecified atom stereocenters. The molecule has 2 saturated carbocycles. The fraction of sp³-hybridized carbons (Fsp3) is 1.00. The molecule has 0 aromatic carbocycles. The predicted octanol–water partition coefficient (Wildman–Crippen LogP) is 1.15. The number of nitrogens with one attached hydrogen (secondary N) is 1. The molecule has 1 heteroatoms. The molecule has 0 aromatic heterocycles. The van der Waals surface area contributed by atoms with E-state index in [4.69, 9.17) is 0 Å². The van der Waals surface area contributed by atoms with Crippen molar-refractivity contribution in [3.05, 3.63) is 0 Å². The lowest BCUT2D eigenvalue weighted by Gasteiger charge is -2.62. The summed E-state index contributed by atoms with van der Waals surface area (Å²) in [5.41, 5.74) is 0.722. The van der Waals surface area contributed by atoms with Crippen molar-refractivity contribution in [2.24, 2.45) is 11.8 Å². The van der Waals surface area contributed by atoms with Gasteiger partial charge in [-0.15, -0.1) is 0 Å². The average molecular weight is 123 g/mol. The lowest BCUT2D eigenvalue weighted by molar-refractivity contribution is -0.0538. The third kappa shape index (κ3) is 0.337. The average Bonchev–Trinajstić information content (AvgIpc) is 2.23. The molecule has 0 bridgehead atoms. The Morgan fingerprint density at radius 2 is 2.33 bits per heavy atom. The first-order valence-corrected chi connectivity index (χ1v) is 4.17. The molecule has 0 aromatic rings. The van der Waals surface area contributed by atoms with Gasteiger partial charge in [-0.1, -0.05) is 6.42 Å². The van der Waals surface area contributed by atoms with Crippen molar-refractivity contribution in [3.8, 4) is 0 Å². The van der Waals surface area contributed by atoms with E-state index in [2.05, 4.69) is 5.32 Å². The molecule has 1 spiro atoms. The number of hydrogen-bond acceptors (Lipinski definition) is 1. The van der Waals surface area contributed by atoms with Crippen LogP contribution in [0.25, 0.3) is 0 Å². The Bertz CT molecular complexity index is 155. The van der Waals surface area contributed by atoms with Crippen LogP contribution in [0.4, 0.5) is 0 Å². The van der Waals surface area contributed by atoms with Gasteiger partial charge in [0, 0.05) is 12.1 Å². The van der Waals surface area contributed by atoms with Crippen molar-refractivity contribution in [2.45, 2.75) is 31.2 Å². The topological polar surface area (TPSA) is 12.0 Å². The second-order valence-corrected chi connectivity index (χ2v) is 3.94. The summed E-state index contributed by atoms with van der Waals surface area (Å²) in [6, 6.07) is 0. The van der Waals surface area contributed by atoms with Crippen molar-refractivity contribution in [1.29, 1.82) is 0 Å². The van der Waals surface area contributed by atoms with Gasteiger partial charge in [0.1, 0.15) is 0 Å². The Balaban J connectivity index is 1.95. The van der Waals surface area contributed by atoms with Crippen LogP contribution in [0.1, 0.15) is 25.7 Å². The highest BCUT2D eigenvalue weighted by Crippen LogP contribution is 2.58. The molecule has 1 aliphatic heterocycles. The smallest absolute Gasteiger partial charge is 0.0250 e. The maximum Gasteiger partial charge on any atom is 0.0250 e. The summed E-state index contributed by atoms with van der Waals surface area (Å²) >= 11 is 0. The van der Waals surface area contributed by atoms with Crippen molar-refractivity contribution in [2.75, 3.05) is 6.54 Å². The summed E-state index contributed by atoms with van der Waals surface area (Å²) in [5, 5.41) is 3.62. The molecule has 9 heavy (non-hydrogen) atoms. The van der Waals surface area contributed by atoms with E-state index in [0.717, 1.165) is 17.4 Å². The van der Waals surface area contributed by atoms with E-state index < -0.39 is 0 Å². The van der Waals surface area contributed by atoms with Crippen LogP contribution in [0.15, 0.2) is 0 Å². The molecule has 0 amide bonds. The molecule has 3 atom stereocenters. The summed E-state index contributed by atoms with van der Waals surface area (Å²) in [7, 11) is 0. The monoisotopic (exact) mass is 123 g/mol. The van der Waals surface area contributed by atoms with Gasteiger partial charge in [0.05, 0.1) is 0 Å². The zero-order chi connectivity index (χ0) is 5.90. The highest BCUT2D eigenvalue weighted by Gasteiger charge is 2.61. The van der Waals surface area contributed by atoms with E-state index in [1.807, 2.05) is 0 Å². The Morgan fingerprint density at radius 3 is 2.78 bits per heavy atom. The number of piperidine rings is 1. The van der Waals surface area contributed by atoms with Crippen molar-refractivity contribution < 1.29 is 0 Å². The minimum atomic E-state index is 0.722. The van der Waals surface area contributed by atoms with Crippen LogP contribution in [0.5, 0.6) is 0 Å². The maximum atomic E-state index is 3.62. The van der Waals surface area contributed by atoms with Crippen LogP contribution in [-0.2, 0) is 0 Å². The Hall–Kier alpha value is -0.0400. The van der Waals surface area contributed by atoms with Gasteiger partial charge in [0.2, 0.25) is 0 Å². The fourth-order valence-corrected chi connectivity index (χ4v) is 3.19. The van der Waals surface area contributed by atoms with E-state index in [9.17, 15) is 0 Å². The van der Waals surface area contributed by atoms with E-state index >= 15 is 0 Å². The summed E-state index contributed by atoms with van der Waals surface area (Å²) in [6.45, 7) is 1.33. The lowest BCUT2D eigenvalue weighted by atomic mass is 9.55. The van der Waals surface area contributed by atoms with Crippen LogP contribution in [0.3, 0.4) is 0 Å². The zero-order valence-electron chi connectivity index (χ0n) is 5.69. The van der Waals surface area contributed by atoms with Gasteiger partial charge in [0.25, 0.3) is 0 Å². The normalized spacial score (nSPS) is 61.3. The van der Waals surface area contributed by atoms with E-state index in [1.54, 1.807) is 6.42 Å². The summed E-state index contributed by atoms with van der Waals surface area (Å²) in [4.78, 5) is 0. The maximum absolute atomic E-state index is 3.62. The molecule has 1 heterocycles. The van der Waals surface area contributed by atoms with Gasteiger partial charge >= 0.3 is 0 Å². The second kappa shape index (κ2) is 1.20. The minimum Gasteiger partial charge on any atom is -0.310 e. The van der Waals surface area contributed by atoms with E-state index in [-0.39, 0.29) is 0 Å². The van der Waals surface area contributed by atoms with Gasteiger partial charge in [-0.2, -0.15) is 0 Å². The molecule has 3 rings (SSSR count). The highest BCUT2D eigenvalue weighted by atomic mass is 15.1. The molecule has 1 nitrogen and oxygen atoms in total. The van der Waals surface area contributed by atoms with E-state index in [1.165, 1.54) is 25.8 Å². The molecular weight excluding hydrogens is 110 g/mol. The van der Waals surface area contributed by atoms with Crippen molar-refractivity contribution in [3.63, 3.8) is 0 Å². The van der Waals surface area contributed by atoms with Crippen LogP contribution in [-0.4, -0.2) is 12.1 Å². The molecule has 2 aliphatic carbocycles.